The number of aromatic nitrogens is 3. The summed E-state index contributed by atoms with van der Waals surface area (Å²) in [6.07, 6.45) is 5.03. The number of nitrogens with one attached hydrogen (secondary N) is 1. The second kappa shape index (κ2) is 6.83. The van der Waals surface area contributed by atoms with Gasteiger partial charge in [-0.1, -0.05) is 25.5 Å². The van der Waals surface area contributed by atoms with E-state index in [1.54, 1.807) is 10.9 Å². The zero-order chi connectivity index (χ0) is 17.1. The van der Waals surface area contributed by atoms with Gasteiger partial charge in [-0.3, -0.25) is 9.48 Å². The van der Waals surface area contributed by atoms with E-state index in [9.17, 15) is 4.79 Å². The highest BCUT2D eigenvalue weighted by Gasteiger charge is 2.12. The fourth-order valence-corrected chi connectivity index (χ4v) is 2.77. The number of aryl methyl sites for hydroxylation is 3. The van der Waals surface area contributed by atoms with E-state index in [0.29, 0.717) is 5.56 Å². The fraction of sp³-hybridized carbons (Fsp3) is 0.316. The van der Waals surface area contributed by atoms with Crippen LogP contribution in [0.3, 0.4) is 0 Å². The smallest absolute Gasteiger partial charge is 0.257 e. The number of pyridine rings is 1. The SMILES string of the molecule is CCCCc1ccc(NC(=O)c2cnc3c(c2)c(C)nn3C)cc1. The molecule has 0 aliphatic heterocycles. The number of benzene rings is 1. The molecule has 1 aromatic carbocycles. The van der Waals surface area contributed by atoms with Crippen LogP contribution >= 0.6 is 0 Å². The van der Waals surface area contributed by atoms with Crippen molar-refractivity contribution in [2.45, 2.75) is 33.1 Å². The topological polar surface area (TPSA) is 59.8 Å². The Morgan fingerprint density at radius 2 is 2.00 bits per heavy atom. The van der Waals surface area contributed by atoms with E-state index < -0.39 is 0 Å². The minimum Gasteiger partial charge on any atom is -0.322 e. The first-order valence-electron chi connectivity index (χ1n) is 8.28. The van der Waals surface area contributed by atoms with E-state index in [1.807, 2.05) is 32.2 Å². The first-order valence-corrected chi connectivity index (χ1v) is 8.28. The Balaban J connectivity index is 1.76. The molecule has 0 saturated carbocycles. The Morgan fingerprint density at radius 1 is 1.25 bits per heavy atom. The molecule has 3 rings (SSSR count). The molecule has 0 unspecified atom stereocenters. The van der Waals surface area contributed by atoms with Crippen LogP contribution < -0.4 is 5.32 Å². The molecule has 0 fully saturated rings. The largest absolute Gasteiger partial charge is 0.322 e. The van der Waals surface area contributed by atoms with Crippen LogP contribution in [0.2, 0.25) is 0 Å². The molecule has 0 radical (unpaired) electrons. The molecule has 1 amide bonds. The van der Waals surface area contributed by atoms with Gasteiger partial charge in [-0.2, -0.15) is 5.10 Å². The summed E-state index contributed by atoms with van der Waals surface area (Å²) in [6, 6.07) is 9.87. The average Bonchev–Trinajstić information content (AvgIpc) is 2.88. The summed E-state index contributed by atoms with van der Waals surface area (Å²) < 4.78 is 1.72. The predicted molar refractivity (Wildman–Crippen MR) is 96.3 cm³/mol. The summed E-state index contributed by atoms with van der Waals surface area (Å²) in [5, 5.41) is 8.16. The van der Waals surface area contributed by atoms with Crippen molar-refractivity contribution in [3.8, 4) is 0 Å². The van der Waals surface area contributed by atoms with Crippen molar-refractivity contribution >= 4 is 22.6 Å². The number of nitrogens with zero attached hydrogens (tertiary/aromatic N) is 3. The standard InChI is InChI=1S/C19H22N4O/c1-4-5-6-14-7-9-16(10-8-14)21-19(24)15-11-17-13(2)22-23(3)18(17)20-12-15/h7-12H,4-6H2,1-3H3,(H,21,24). The molecule has 0 aliphatic carbocycles. The van der Waals surface area contributed by atoms with E-state index in [-0.39, 0.29) is 5.91 Å². The first-order chi connectivity index (χ1) is 11.6. The number of unbranched alkanes of at least 4 members (excludes halogenated alkanes) is 1. The van der Waals surface area contributed by atoms with Crippen LogP contribution in [0.4, 0.5) is 5.69 Å². The van der Waals surface area contributed by atoms with Gasteiger partial charge in [-0.25, -0.2) is 4.98 Å². The number of carbonyl (C=O) groups excluding carboxylic acids is 1. The molecule has 1 N–H and O–H groups in total. The van der Waals surface area contributed by atoms with Crippen molar-refractivity contribution in [3.05, 3.63) is 53.3 Å². The quantitative estimate of drug-likeness (QED) is 0.775. The van der Waals surface area contributed by atoms with Gasteiger partial charge in [0.1, 0.15) is 0 Å². The Morgan fingerprint density at radius 3 is 2.71 bits per heavy atom. The van der Waals surface area contributed by atoms with Crippen molar-refractivity contribution in [1.29, 1.82) is 0 Å². The zero-order valence-corrected chi connectivity index (χ0v) is 14.3. The molecular weight excluding hydrogens is 300 g/mol. The minimum absolute atomic E-state index is 0.158. The molecule has 2 aromatic heterocycles. The van der Waals surface area contributed by atoms with Crippen molar-refractivity contribution in [1.82, 2.24) is 14.8 Å². The molecule has 0 bridgehead atoms. The third kappa shape index (κ3) is 3.30. The second-order valence-corrected chi connectivity index (χ2v) is 6.06. The van der Waals surface area contributed by atoms with Gasteiger partial charge in [0.25, 0.3) is 5.91 Å². The summed E-state index contributed by atoms with van der Waals surface area (Å²) in [5.41, 5.74) is 4.28. The summed E-state index contributed by atoms with van der Waals surface area (Å²) in [5.74, 6) is -0.158. The third-order valence-corrected chi connectivity index (χ3v) is 4.16. The number of hydrogen-bond acceptors (Lipinski definition) is 3. The maximum atomic E-state index is 12.5. The normalized spacial score (nSPS) is 11.0. The highest BCUT2D eigenvalue weighted by Crippen LogP contribution is 2.18. The number of hydrogen-bond donors (Lipinski definition) is 1. The molecule has 0 aliphatic rings. The summed E-state index contributed by atoms with van der Waals surface area (Å²) in [6.45, 7) is 4.10. The van der Waals surface area contributed by atoms with Crippen LogP contribution in [-0.2, 0) is 13.5 Å². The number of rotatable bonds is 5. The van der Waals surface area contributed by atoms with Crippen molar-refractivity contribution in [2.75, 3.05) is 5.32 Å². The molecular formula is C19H22N4O. The number of amides is 1. The third-order valence-electron chi connectivity index (χ3n) is 4.16. The predicted octanol–water partition coefficient (Wildman–Crippen LogP) is 3.87. The molecule has 3 aromatic rings. The van der Waals surface area contributed by atoms with Crippen molar-refractivity contribution in [3.63, 3.8) is 0 Å². The Hall–Kier alpha value is -2.69. The number of fused-ring (bicyclic) bond motifs is 1. The van der Waals surface area contributed by atoms with Gasteiger partial charge in [-0.05, 0) is 43.5 Å². The number of carbonyl (C=O) groups is 1. The van der Waals surface area contributed by atoms with E-state index >= 15 is 0 Å². The van der Waals surface area contributed by atoms with E-state index in [2.05, 4.69) is 34.5 Å². The average molecular weight is 322 g/mol. The molecule has 24 heavy (non-hydrogen) atoms. The maximum absolute atomic E-state index is 12.5. The maximum Gasteiger partial charge on any atom is 0.257 e. The lowest BCUT2D eigenvalue weighted by molar-refractivity contribution is 0.102. The van der Waals surface area contributed by atoms with Crippen LogP contribution in [0, 0.1) is 6.92 Å². The van der Waals surface area contributed by atoms with Gasteiger partial charge in [0, 0.05) is 24.3 Å². The highest BCUT2D eigenvalue weighted by atomic mass is 16.1. The van der Waals surface area contributed by atoms with Crippen LogP contribution in [0.1, 0.15) is 41.4 Å². The van der Waals surface area contributed by atoms with Crippen LogP contribution in [0.25, 0.3) is 11.0 Å². The van der Waals surface area contributed by atoms with E-state index in [0.717, 1.165) is 28.8 Å². The molecule has 5 heteroatoms. The summed E-state index contributed by atoms with van der Waals surface area (Å²) >= 11 is 0. The van der Waals surface area contributed by atoms with Gasteiger partial charge < -0.3 is 5.32 Å². The highest BCUT2D eigenvalue weighted by molar-refractivity contribution is 6.05. The van der Waals surface area contributed by atoms with Gasteiger partial charge in [0.15, 0.2) is 5.65 Å². The molecule has 5 nitrogen and oxygen atoms in total. The van der Waals surface area contributed by atoms with Gasteiger partial charge >= 0.3 is 0 Å². The molecule has 124 valence electrons. The Kier molecular flexibility index (Phi) is 4.60. The van der Waals surface area contributed by atoms with Crippen LogP contribution in [0.5, 0.6) is 0 Å². The summed E-state index contributed by atoms with van der Waals surface area (Å²) in [7, 11) is 1.85. The van der Waals surface area contributed by atoms with Gasteiger partial charge in [0.05, 0.1) is 11.3 Å². The van der Waals surface area contributed by atoms with Gasteiger partial charge in [0.2, 0.25) is 0 Å². The van der Waals surface area contributed by atoms with Crippen molar-refractivity contribution < 1.29 is 4.79 Å². The number of anilines is 1. The molecule has 0 atom stereocenters. The van der Waals surface area contributed by atoms with Crippen molar-refractivity contribution in [2.24, 2.45) is 7.05 Å². The minimum atomic E-state index is -0.158. The lowest BCUT2D eigenvalue weighted by Crippen LogP contribution is -2.12. The Bertz CT molecular complexity index is 865. The summed E-state index contributed by atoms with van der Waals surface area (Å²) in [4.78, 5) is 16.8. The van der Waals surface area contributed by atoms with Crippen LogP contribution in [-0.4, -0.2) is 20.7 Å². The van der Waals surface area contributed by atoms with E-state index in [4.69, 9.17) is 0 Å². The molecule has 0 saturated heterocycles. The lowest BCUT2D eigenvalue weighted by Gasteiger charge is -2.07. The second-order valence-electron chi connectivity index (χ2n) is 6.06. The van der Waals surface area contributed by atoms with E-state index in [1.165, 1.54) is 18.4 Å². The lowest BCUT2D eigenvalue weighted by atomic mass is 10.1. The monoisotopic (exact) mass is 322 g/mol. The zero-order valence-electron chi connectivity index (χ0n) is 14.3. The fourth-order valence-electron chi connectivity index (χ4n) is 2.77. The van der Waals surface area contributed by atoms with Gasteiger partial charge in [-0.15, -0.1) is 0 Å². The Labute approximate surface area is 141 Å². The molecule has 0 spiro atoms. The molecule has 2 heterocycles. The first kappa shape index (κ1) is 16.2. The van der Waals surface area contributed by atoms with Crippen LogP contribution in [0.15, 0.2) is 36.5 Å².